The van der Waals surface area contributed by atoms with Crippen LogP contribution in [0, 0.1) is 0 Å². The van der Waals surface area contributed by atoms with Gasteiger partial charge in [0.1, 0.15) is 5.75 Å². The Morgan fingerprint density at radius 1 is 1.38 bits per heavy atom. The van der Waals surface area contributed by atoms with Crippen molar-refractivity contribution < 1.29 is 5.11 Å². The predicted molar refractivity (Wildman–Crippen MR) is 84.0 cm³/mol. The molecule has 1 aliphatic carbocycles. The normalized spacial score (nSPS) is 20.2. The van der Waals surface area contributed by atoms with E-state index in [-0.39, 0.29) is 5.54 Å². The Labute approximate surface area is 132 Å². The fourth-order valence-corrected chi connectivity index (χ4v) is 4.11. The van der Waals surface area contributed by atoms with Crippen molar-refractivity contribution in [2.24, 2.45) is 0 Å². The van der Waals surface area contributed by atoms with E-state index in [2.05, 4.69) is 30.8 Å². The van der Waals surface area contributed by atoms with E-state index in [1.54, 1.807) is 6.07 Å². The van der Waals surface area contributed by atoms with Crippen LogP contribution >= 0.6 is 15.9 Å². The van der Waals surface area contributed by atoms with Gasteiger partial charge < -0.3 is 10.1 Å². The van der Waals surface area contributed by atoms with E-state index in [1.165, 1.54) is 30.7 Å². The molecule has 2 aromatic rings. The van der Waals surface area contributed by atoms with E-state index in [0.29, 0.717) is 5.75 Å². The van der Waals surface area contributed by atoms with Gasteiger partial charge in [0.2, 0.25) is 0 Å². The van der Waals surface area contributed by atoms with Crippen LogP contribution in [0.4, 0.5) is 0 Å². The molecule has 0 radical (unpaired) electrons. The molecule has 4 nitrogen and oxygen atoms in total. The molecule has 2 heterocycles. The quantitative estimate of drug-likeness (QED) is 0.876. The van der Waals surface area contributed by atoms with Crippen molar-refractivity contribution in [2.45, 2.75) is 37.8 Å². The zero-order valence-corrected chi connectivity index (χ0v) is 13.4. The molecule has 0 saturated heterocycles. The molecule has 4 rings (SSSR count). The Balaban J connectivity index is 1.68. The van der Waals surface area contributed by atoms with E-state index in [1.807, 2.05) is 18.5 Å². The molecular weight excluding hydrogens is 330 g/mol. The monoisotopic (exact) mass is 347 g/mol. The molecule has 0 atom stereocenters. The average Bonchev–Trinajstić information content (AvgIpc) is 2.89. The van der Waals surface area contributed by atoms with Crippen LogP contribution in [0.25, 0.3) is 0 Å². The maximum Gasteiger partial charge on any atom is 0.120 e. The highest BCUT2D eigenvalue weighted by atomic mass is 79.9. The minimum Gasteiger partial charge on any atom is -0.508 e. The van der Waals surface area contributed by atoms with Crippen molar-refractivity contribution in [3.63, 3.8) is 0 Å². The number of halogens is 1. The van der Waals surface area contributed by atoms with Gasteiger partial charge in [-0.1, -0.05) is 15.9 Å². The van der Waals surface area contributed by atoms with E-state index >= 15 is 0 Å². The standard InChI is InChI=1S/C16H18BrN3O/c17-12-2-3-14(21)11(8-12)9-20-7-4-13-15(19-10-18-13)16(20)5-1-6-16/h2-3,8,10,21H,1,4-7,9H2,(H,18,19). The van der Waals surface area contributed by atoms with Gasteiger partial charge in [-0.2, -0.15) is 0 Å². The van der Waals surface area contributed by atoms with Gasteiger partial charge in [0, 0.05) is 35.2 Å². The summed E-state index contributed by atoms with van der Waals surface area (Å²) in [6.45, 7) is 1.79. The molecule has 0 unspecified atom stereocenters. The third kappa shape index (κ3) is 2.02. The second kappa shape index (κ2) is 4.85. The Morgan fingerprint density at radius 2 is 2.24 bits per heavy atom. The number of benzene rings is 1. The lowest BCUT2D eigenvalue weighted by Gasteiger charge is -2.52. The summed E-state index contributed by atoms with van der Waals surface area (Å²) in [6, 6.07) is 5.65. The van der Waals surface area contributed by atoms with Crippen molar-refractivity contribution in [1.29, 1.82) is 0 Å². The van der Waals surface area contributed by atoms with Crippen LogP contribution in [-0.2, 0) is 18.5 Å². The fourth-order valence-electron chi connectivity index (χ4n) is 3.70. The molecular formula is C16H18BrN3O. The Hall–Kier alpha value is -1.33. The van der Waals surface area contributed by atoms with Crippen LogP contribution in [-0.4, -0.2) is 26.5 Å². The lowest BCUT2D eigenvalue weighted by molar-refractivity contribution is -0.00878. The van der Waals surface area contributed by atoms with E-state index < -0.39 is 0 Å². The molecule has 110 valence electrons. The van der Waals surface area contributed by atoms with Gasteiger partial charge >= 0.3 is 0 Å². The Morgan fingerprint density at radius 3 is 3.00 bits per heavy atom. The minimum atomic E-state index is 0.0857. The SMILES string of the molecule is Oc1ccc(Br)cc1CN1CCc2[nH]cnc2C12CCC2. The summed E-state index contributed by atoms with van der Waals surface area (Å²) in [4.78, 5) is 10.4. The maximum absolute atomic E-state index is 10.1. The zero-order valence-electron chi connectivity index (χ0n) is 11.8. The molecule has 1 aromatic heterocycles. The van der Waals surface area contributed by atoms with Gasteiger partial charge in [0.25, 0.3) is 0 Å². The van der Waals surface area contributed by atoms with Crippen LogP contribution in [0.1, 0.15) is 36.2 Å². The smallest absolute Gasteiger partial charge is 0.120 e. The Kier molecular flexibility index (Phi) is 3.08. The number of aromatic hydroxyl groups is 1. The third-order valence-electron chi connectivity index (χ3n) is 4.98. The van der Waals surface area contributed by atoms with Crippen LogP contribution in [0.2, 0.25) is 0 Å². The summed E-state index contributed by atoms with van der Waals surface area (Å²) in [5.41, 5.74) is 3.59. The zero-order chi connectivity index (χ0) is 14.4. The Bertz CT molecular complexity index is 678. The molecule has 1 aromatic carbocycles. The highest BCUT2D eigenvalue weighted by Crippen LogP contribution is 2.49. The first-order valence-electron chi connectivity index (χ1n) is 7.44. The molecule has 5 heteroatoms. The number of imidazole rings is 1. The summed E-state index contributed by atoms with van der Waals surface area (Å²) < 4.78 is 1.01. The van der Waals surface area contributed by atoms with Gasteiger partial charge in [0.05, 0.1) is 17.6 Å². The number of rotatable bonds is 2. The molecule has 2 N–H and O–H groups in total. The topological polar surface area (TPSA) is 52.1 Å². The molecule has 0 bridgehead atoms. The third-order valence-corrected chi connectivity index (χ3v) is 5.47. The van der Waals surface area contributed by atoms with Crippen molar-refractivity contribution in [1.82, 2.24) is 14.9 Å². The van der Waals surface area contributed by atoms with E-state index in [4.69, 9.17) is 0 Å². The number of fused-ring (bicyclic) bond motifs is 2. The second-order valence-electron chi connectivity index (χ2n) is 6.06. The van der Waals surface area contributed by atoms with Crippen LogP contribution in [0.5, 0.6) is 5.75 Å². The highest BCUT2D eigenvalue weighted by Gasteiger charge is 2.48. The summed E-state index contributed by atoms with van der Waals surface area (Å²) in [5.74, 6) is 0.375. The number of nitrogens with one attached hydrogen (secondary N) is 1. The van der Waals surface area contributed by atoms with Crippen molar-refractivity contribution in [3.8, 4) is 5.75 Å². The lowest BCUT2D eigenvalue weighted by atomic mass is 9.70. The molecule has 2 aliphatic rings. The lowest BCUT2D eigenvalue weighted by Crippen LogP contribution is -2.54. The summed E-state index contributed by atoms with van der Waals surface area (Å²) in [5, 5.41) is 10.1. The predicted octanol–water partition coefficient (Wildman–Crippen LogP) is 3.32. The molecule has 0 amide bonds. The number of phenolic OH excluding ortho intramolecular Hbond substituents is 1. The van der Waals surface area contributed by atoms with E-state index in [0.717, 1.165) is 29.5 Å². The molecule has 1 saturated carbocycles. The fraction of sp³-hybridized carbons (Fsp3) is 0.438. The first-order chi connectivity index (χ1) is 10.2. The average molecular weight is 348 g/mol. The summed E-state index contributed by atoms with van der Waals surface area (Å²) in [6.07, 6.45) is 6.42. The van der Waals surface area contributed by atoms with Crippen molar-refractivity contribution in [3.05, 3.63) is 46.0 Å². The molecule has 1 fully saturated rings. The summed E-state index contributed by atoms with van der Waals surface area (Å²) >= 11 is 3.49. The van der Waals surface area contributed by atoms with Crippen LogP contribution < -0.4 is 0 Å². The number of H-pyrrole nitrogens is 1. The van der Waals surface area contributed by atoms with Crippen LogP contribution in [0.3, 0.4) is 0 Å². The largest absolute Gasteiger partial charge is 0.508 e. The number of hydrogen-bond donors (Lipinski definition) is 2. The number of aromatic nitrogens is 2. The van der Waals surface area contributed by atoms with E-state index in [9.17, 15) is 5.11 Å². The van der Waals surface area contributed by atoms with Gasteiger partial charge in [-0.15, -0.1) is 0 Å². The highest BCUT2D eigenvalue weighted by molar-refractivity contribution is 9.10. The first-order valence-corrected chi connectivity index (χ1v) is 8.23. The first kappa shape index (κ1) is 13.3. The minimum absolute atomic E-state index is 0.0857. The van der Waals surface area contributed by atoms with Crippen molar-refractivity contribution >= 4 is 15.9 Å². The van der Waals surface area contributed by atoms with Gasteiger partial charge in [-0.3, -0.25) is 4.90 Å². The summed E-state index contributed by atoms with van der Waals surface area (Å²) in [7, 11) is 0. The number of nitrogens with zero attached hydrogens (tertiary/aromatic N) is 2. The number of hydrogen-bond acceptors (Lipinski definition) is 3. The number of aromatic amines is 1. The van der Waals surface area contributed by atoms with Gasteiger partial charge in [0.15, 0.2) is 0 Å². The second-order valence-corrected chi connectivity index (χ2v) is 6.98. The molecule has 1 spiro atoms. The maximum atomic E-state index is 10.1. The molecule has 1 aliphatic heterocycles. The number of phenols is 1. The van der Waals surface area contributed by atoms with Gasteiger partial charge in [-0.05, 0) is 37.5 Å². The van der Waals surface area contributed by atoms with Crippen LogP contribution in [0.15, 0.2) is 29.0 Å². The molecule has 21 heavy (non-hydrogen) atoms. The van der Waals surface area contributed by atoms with Gasteiger partial charge in [-0.25, -0.2) is 4.98 Å². The van der Waals surface area contributed by atoms with Crippen molar-refractivity contribution in [2.75, 3.05) is 6.54 Å².